The van der Waals surface area contributed by atoms with Crippen molar-refractivity contribution in [1.29, 1.82) is 0 Å². The van der Waals surface area contributed by atoms with Crippen molar-refractivity contribution in [1.82, 2.24) is 0 Å². The summed E-state index contributed by atoms with van der Waals surface area (Å²) in [5.41, 5.74) is 0.637. The number of ketones is 1. The normalized spacial score (nSPS) is 10.0. The van der Waals surface area contributed by atoms with E-state index in [2.05, 4.69) is 0 Å². The molecule has 0 aliphatic rings. The van der Waals surface area contributed by atoms with Gasteiger partial charge in [0.1, 0.15) is 0 Å². The summed E-state index contributed by atoms with van der Waals surface area (Å²) in [7, 11) is 0. The summed E-state index contributed by atoms with van der Waals surface area (Å²) in [6.07, 6.45) is 2.55. The number of carbonyl (C=O) groups is 1. The summed E-state index contributed by atoms with van der Waals surface area (Å²) in [5, 5.41) is 0.550. The molecule has 0 aliphatic heterocycles. The van der Waals surface area contributed by atoms with Crippen molar-refractivity contribution in [3.63, 3.8) is 0 Å². The van der Waals surface area contributed by atoms with Gasteiger partial charge in [-0.2, -0.15) is 11.8 Å². The van der Waals surface area contributed by atoms with Crippen LogP contribution in [0.25, 0.3) is 0 Å². The van der Waals surface area contributed by atoms with Crippen molar-refractivity contribution in [2.75, 3.05) is 12.0 Å². The van der Waals surface area contributed by atoms with Gasteiger partial charge in [0.15, 0.2) is 5.78 Å². The molecule has 0 bridgehead atoms. The molecular weight excluding hydrogens is 204 g/mol. The second-order valence-electron chi connectivity index (χ2n) is 2.65. The van der Waals surface area contributed by atoms with Gasteiger partial charge in [-0.1, -0.05) is 23.7 Å². The lowest BCUT2D eigenvalue weighted by Crippen LogP contribution is -2.00. The molecule has 13 heavy (non-hydrogen) atoms. The van der Waals surface area contributed by atoms with Crippen LogP contribution in [0.2, 0.25) is 5.02 Å². The number of benzene rings is 1. The predicted octanol–water partition coefficient (Wildman–Crippen LogP) is 3.28. The highest BCUT2D eigenvalue weighted by Crippen LogP contribution is 2.17. The summed E-state index contributed by atoms with van der Waals surface area (Å²) < 4.78 is 0. The number of hydrogen-bond acceptors (Lipinski definition) is 2. The number of thioether (sulfide) groups is 1. The second kappa shape index (κ2) is 5.30. The van der Waals surface area contributed by atoms with Crippen LogP contribution in [-0.2, 0) is 0 Å². The van der Waals surface area contributed by atoms with Gasteiger partial charge in [0, 0.05) is 17.7 Å². The van der Waals surface area contributed by atoms with Gasteiger partial charge >= 0.3 is 0 Å². The minimum atomic E-state index is 0.125. The molecule has 0 saturated carbocycles. The Balaban J connectivity index is 2.71. The highest BCUT2D eigenvalue weighted by molar-refractivity contribution is 7.98. The van der Waals surface area contributed by atoms with E-state index in [0.717, 1.165) is 5.75 Å². The average Bonchev–Trinajstić information content (AvgIpc) is 2.15. The van der Waals surface area contributed by atoms with Crippen LogP contribution in [0, 0.1) is 0 Å². The molecule has 1 nitrogen and oxygen atoms in total. The SMILES string of the molecule is CSCCC(=O)c1ccccc1Cl. The first-order valence-electron chi connectivity index (χ1n) is 4.02. The number of hydrogen-bond donors (Lipinski definition) is 0. The van der Waals surface area contributed by atoms with Crippen molar-refractivity contribution in [2.24, 2.45) is 0 Å². The molecule has 0 spiro atoms. The maximum atomic E-state index is 11.5. The van der Waals surface area contributed by atoms with Crippen LogP contribution in [0.5, 0.6) is 0 Å². The van der Waals surface area contributed by atoms with E-state index in [-0.39, 0.29) is 5.78 Å². The lowest BCUT2D eigenvalue weighted by molar-refractivity contribution is 0.0989. The zero-order valence-electron chi connectivity index (χ0n) is 7.42. The van der Waals surface area contributed by atoms with Crippen LogP contribution in [-0.4, -0.2) is 17.8 Å². The largest absolute Gasteiger partial charge is 0.294 e. The van der Waals surface area contributed by atoms with Gasteiger partial charge in [-0.3, -0.25) is 4.79 Å². The Labute approximate surface area is 87.5 Å². The monoisotopic (exact) mass is 214 g/mol. The summed E-state index contributed by atoms with van der Waals surface area (Å²) in [6, 6.07) is 7.17. The van der Waals surface area contributed by atoms with E-state index < -0.39 is 0 Å². The molecule has 0 atom stereocenters. The lowest BCUT2D eigenvalue weighted by Gasteiger charge is -2.01. The zero-order chi connectivity index (χ0) is 9.68. The number of carbonyl (C=O) groups excluding carboxylic acids is 1. The fourth-order valence-electron chi connectivity index (χ4n) is 1.02. The standard InChI is InChI=1S/C10H11ClOS/c1-13-7-6-10(12)8-4-2-3-5-9(8)11/h2-5H,6-7H2,1H3. The summed E-state index contributed by atoms with van der Waals surface area (Å²) in [4.78, 5) is 11.5. The Morgan fingerprint density at radius 2 is 2.15 bits per heavy atom. The number of halogens is 1. The zero-order valence-corrected chi connectivity index (χ0v) is 8.99. The summed E-state index contributed by atoms with van der Waals surface area (Å²) in [5.74, 6) is 0.976. The van der Waals surface area contributed by atoms with E-state index in [9.17, 15) is 4.79 Å². The molecule has 1 aromatic carbocycles. The van der Waals surface area contributed by atoms with E-state index >= 15 is 0 Å². The first-order valence-corrected chi connectivity index (χ1v) is 5.79. The Hall–Kier alpha value is -0.470. The first-order chi connectivity index (χ1) is 6.25. The molecule has 0 aromatic heterocycles. The van der Waals surface area contributed by atoms with Gasteiger partial charge < -0.3 is 0 Å². The van der Waals surface area contributed by atoms with E-state index in [1.54, 1.807) is 23.9 Å². The Bertz CT molecular complexity index is 299. The molecule has 0 saturated heterocycles. The van der Waals surface area contributed by atoms with Crippen molar-refractivity contribution >= 4 is 29.1 Å². The van der Waals surface area contributed by atoms with Gasteiger partial charge in [0.25, 0.3) is 0 Å². The third-order valence-electron chi connectivity index (χ3n) is 1.71. The molecule has 70 valence electrons. The molecular formula is C10H11ClOS. The molecule has 0 N–H and O–H groups in total. The molecule has 0 unspecified atom stereocenters. The Morgan fingerprint density at radius 3 is 2.77 bits per heavy atom. The highest BCUT2D eigenvalue weighted by Gasteiger charge is 2.07. The van der Waals surface area contributed by atoms with Crippen molar-refractivity contribution in [3.8, 4) is 0 Å². The van der Waals surface area contributed by atoms with Gasteiger partial charge in [-0.05, 0) is 18.4 Å². The van der Waals surface area contributed by atoms with Crippen LogP contribution in [0.4, 0.5) is 0 Å². The third kappa shape index (κ3) is 3.05. The maximum absolute atomic E-state index is 11.5. The molecule has 1 rings (SSSR count). The molecule has 1 aromatic rings. The van der Waals surface area contributed by atoms with E-state index in [0.29, 0.717) is 17.0 Å². The van der Waals surface area contributed by atoms with Gasteiger partial charge in [0.05, 0.1) is 5.02 Å². The van der Waals surface area contributed by atoms with Gasteiger partial charge in [0.2, 0.25) is 0 Å². The lowest BCUT2D eigenvalue weighted by atomic mass is 10.1. The molecule has 0 aliphatic carbocycles. The molecule has 0 fully saturated rings. The van der Waals surface area contributed by atoms with Crippen LogP contribution in [0.15, 0.2) is 24.3 Å². The fourth-order valence-corrected chi connectivity index (χ4v) is 1.65. The van der Waals surface area contributed by atoms with Crippen LogP contribution in [0.1, 0.15) is 16.8 Å². The van der Waals surface area contributed by atoms with Crippen molar-refractivity contribution < 1.29 is 4.79 Å². The molecule has 0 amide bonds. The number of Topliss-reactive ketones (excluding diaryl/α,β-unsaturated/α-hetero) is 1. The fraction of sp³-hybridized carbons (Fsp3) is 0.300. The van der Waals surface area contributed by atoms with Crippen molar-refractivity contribution in [2.45, 2.75) is 6.42 Å². The minimum Gasteiger partial charge on any atom is -0.294 e. The Kier molecular flexibility index (Phi) is 4.33. The smallest absolute Gasteiger partial charge is 0.165 e. The molecule has 0 radical (unpaired) electrons. The first kappa shape index (κ1) is 10.6. The predicted molar refractivity (Wildman–Crippen MR) is 58.8 cm³/mol. The van der Waals surface area contributed by atoms with E-state index in [1.165, 1.54) is 0 Å². The summed E-state index contributed by atoms with van der Waals surface area (Å²) in [6.45, 7) is 0. The van der Waals surface area contributed by atoms with E-state index in [4.69, 9.17) is 11.6 Å². The van der Waals surface area contributed by atoms with Crippen LogP contribution >= 0.6 is 23.4 Å². The second-order valence-corrected chi connectivity index (χ2v) is 4.04. The highest BCUT2D eigenvalue weighted by atomic mass is 35.5. The summed E-state index contributed by atoms with van der Waals surface area (Å²) >= 11 is 7.54. The minimum absolute atomic E-state index is 0.125. The van der Waals surface area contributed by atoms with Crippen LogP contribution < -0.4 is 0 Å². The maximum Gasteiger partial charge on any atom is 0.165 e. The Morgan fingerprint density at radius 1 is 1.46 bits per heavy atom. The number of rotatable bonds is 4. The third-order valence-corrected chi connectivity index (χ3v) is 2.65. The molecule has 3 heteroatoms. The van der Waals surface area contributed by atoms with Crippen molar-refractivity contribution in [3.05, 3.63) is 34.9 Å². The quantitative estimate of drug-likeness (QED) is 0.716. The van der Waals surface area contributed by atoms with Gasteiger partial charge in [-0.25, -0.2) is 0 Å². The topological polar surface area (TPSA) is 17.1 Å². The van der Waals surface area contributed by atoms with E-state index in [1.807, 2.05) is 18.4 Å². The average molecular weight is 215 g/mol. The van der Waals surface area contributed by atoms with Crippen LogP contribution in [0.3, 0.4) is 0 Å². The molecule has 0 heterocycles. The van der Waals surface area contributed by atoms with Gasteiger partial charge in [-0.15, -0.1) is 0 Å².